The molecule has 0 aliphatic rings. The molecule has 0 aliphatic carbocycles. The van der Waals surface area contributed by atoms with Crippen LogP contribution in [0.3, 0.4) is 0 Å². The van der Waals surface area contributed by atoms with Crippen LogP contribution in [0.25, 0.3) is 0 Å². The Morgan fingerprint density at radius 1 is 1.00 bits per heavy atom. The first-order chi connectivity index (χ1) is 3.00. The quantitative estimate of drug-likeness (QED) is 0.417. The summed E-state index contributed by atoms with van der Waals surface area (Å²) in [6.45, 7) is 8.00. The highest BCUT2D eigenvalue weighted by Crippen LogP contribution is 1.15. The molecule has 0 fully saturated rings. The van der Waals surface area contributed by atoms with Gasteiger partial charge in [-0.25, -0.2) is 0 Å². The van der Waals surface area contributed by atoms with Crippen molar-refractivity contribution in [2.45, 2.75) is 35.1 Å². The molecule has 0 saturated heterocycles. The Morgan fingerprint density at radius 2 is 1.00 bits per heavy atom. The van der Waals surface area contributed by atoms with Crippen LogP contribution in [0.1, 0.15) is 36.5 Å². The van der Waals surface area contributed by atoms with Crippen LogP contribution in [0, 0.1) is 0 Å². The van der Waals surface area contributed by atoms with E-state index in [1.54, 1.807) is 0 Å². The fraction of sp³-hybridized carbons (Fsp3) is 1.00. The molecule has 0 amide bonds. The Morgan fingerprint density at radius 3 is 1.00 bits per heavy atom. The molecule has 0 unspecified atom stereocenters. The molecular weight excluding hydrogens is 60.1 g/mol. The summed E-state index contributed by atoms with van der Waals surface area (Å²) in [5.41, 5.74) is 0. The van der Waals surface area contributed by atoms with Gasteiger partial charge in [-0.05, 0) is 0 Å². The van der Waals surface area contributed by atoms with E-state index in [0.717, 1.165) is 0 Å². The van der Waals surface area contributed by atoms with Gasteiger partial charge < -0.3 is 0 Å². The lowest BCUT2D eigenvalue weighted by molar-refractivity contribution is 1.50. The van der Waals surface area contributed by atoms with Gasteiger partial charge >= 0.3 is 0 Å². The molecule has 0 aromatic rings. The van der Waals surface area contributed by atoms with Crippen molar-refractivity contribution in [1.82, 2.24) is 0 Å². The van der Waals surface area contributed by atoms with E-state index >= 15 is 0 Å². The first-order valence-electron chi connectivity index (χ1n) is 3.00. The zero-order valence-corrected chi connectivity index (χ0v) is 5.00. The average Bonchev–Trinajstić information content (AvgIpc) is 1.81. The third-order valence-corrected chi connectivity index (χ3v) is 0. The second kappa shape index (κ2) is 0. The molecule has 0 aliphatic heterocycles. The van der Waals surface area contributed by atoms with Crippen molar-refractivity contribution >= 4 is 0 Å². The van der Waals surface area contributed by atoms with Crippen molar-refractivity contribution in [3.63, 3.8) is 0 Å². The van der Waals surface area contributed by atoms with Crippen LogP contribution in [0.15, 0.2) is 0 Å². The molecule has 0 aromatic heterocycles. The van der Waals surface area contributed by atoms with Crippen LogP contribution >= 0.6 is 0 Å². The van der Waals surface area contributed by atoms with E-state index in [9.17, 15) is 0 Å². The van der Waals surface area contributed by atoms with Gasteiger partial charge in [0, 0.05) is 1.37 Å². The summed E-state index contributed by atoms with van der Waals surface area (Å²) in [5.74, 6) is 0. The van der Waals surface area contributed by atoms with Crippen LogP contribution in [0.2, 0.25) is 0 Å². The molecule has 0 heterocycles. The van der Waals surface area contributed by atoms with Gasteiger partial charge in [0.05, 0.1) is 0 Å². The first-order valence-corrected chi connectivity index (χ1v) is 2.00. The molecule has 0 aromatic carbocycles. The summed E-state index contributed by atoms with van der Waals surface area (Å²) in [4.78, 5) is 0. The van der Waals surface area contributed by atoms with E-state index in [-0.39, 0.29) is 0 Å². The molecule has 36 valence electrons. The maximum absolute atomic E-state index is 5.75. The highest BCUT2D eigenvalue weighted by Gasteiger charge is 0.934. The lowest BCUT2D eigenvalue weighted by atomic mass is 11.0. The van der Waals surface area contributed by atoms with Gasteiger partial charge in [-0.15, -0.1) is 0 Å². The Bertz CT molecular complexity index is 3.90. The summed E-state index contributed by atoms with van der Waals surface area (Å²) in [6, 6.07) is 0. The summed E-state index contributed by atoms with van der Waals surface area (Å²) in [6.07, 6.45) is 0. The van der Waals surface area contributed by atoms with Gasteiger partial charge in [0.2, 0.25) is 0 Å². The van der Waals surface area contributed by atoms with E-state index in [4.69, 9.17) is 1.37 Å². The zero-order chi connectivity index (χ0) is 6.00. The van der Waals surface area contributed by atoms with Crippen LogP contribution in [-0.4, -0.2) is 0 Å². The number of hydrogen-bond acceptors (Lipinski definition) is 0. The predicted molar refractivity (Wildman–Crippen MR) is 29.4 cm³/mol. The monoisotopic (exact) mass is 77.1 g/mol. The second-order valence-corrected chi connectivity index (χ2v) is 0. The Labute approximate surface area is 37.6 Å². The van der Waals surface area contributed by atoms with Crippen LogP contribution in [0.5, 0.6) is 0 Å². The van der Waals surface area contributed by atoms with Gasteiger partial charge in [-0.3, -0.25) is 0 Å². The first kappa shape index (κ1) is 8.89. The Hall–Kier alpha value is 0. The normalized spacial score (nSPS) is 3.80. The van der Waals surface area contributed by atoms with Crippen molar-refractivity contribution in [2.24, 2.45) is 0 Å². The van der Waals surface area contributed by atoms with E-state index < -0.39 is 0 Å². The fourth-order valence-corrected chi connectivity index (χ4v) is 0. The Kier molecular flexibility index (Phi) is 0. The van der Waals surface area contributed by atoms with Crippen molar-refractivity contribution in [2.75, 3.05) is 0 Å². The summed E-state index contributed by atoms with van der Waals surface area (Å²) in [5, 5.41) is 0. The second-order valence-electron chi connectivity index (χ2n) is 0. The summed E-state index contributed by atoms with van der Waals surface area (Å²) in [7, 11) is 1.25. The lowest BCUT2D eigenvalue weighted by Crippen LogP contribution is -0.856. The molecule has 0 N–H and O–H groups in total. The highest BCUT2D eigenvalue weighted by molar-refractivity contribution is 3.51. The van der Waals surface area contributed by atoms with Crippen molar-refractivity contribution in [3.8, 4) is 0 Å². The molecule has 0 nitrogen and oxygen atoms in total. The van der Waals surface area contributed by atoms with Crippen LogP contribution in [0.4, 0.5) is 0 Å². The maximum Gasteiger partial charge on any atom is 0.0194 e. The molecule has 5 heavy (non-hydrogen) atoms. The van der Waals surface area contributed by atoms with Crippen molar-refractivity contribution in [3.05, 3.63) is 0 Å². The minimum Gasteiger partial charge on any atom is -0.0776 e. The zero-order valence-electron chi connectivity index (χ0n) is 6.00. The molecule has 0 saturated carbocycles. The minimum absolute atomic E-state index is 1.25. The number of hydrogen-bond donors (Lipinski definition) is 0. The largest absolute Gasteiger partial charge is 0.0776 e. The average molecular weight is 77.2 g/mol. The highest BCUT2D eigenvalue weighted by atomic mass is 13.0. The minimum atomic E-state index is 1.25. The Balaban J connectivity index is -0.0000000225. The number of rotatable bonds is 0. The molecule has 0 rings (SSSR count). The molecule has 0 atom stereocenters. The standard InChI is InChI=1S/2C2H6.CH4/c2*1-2;/h2*1-2H3;1H4/i;;1D. The SMILES string of the molecule is CC.CC.[2H]C. The molecule has 0 bridgehead atoms. The third kappa shape index (κ3) is 0. The van der Waals surface area contributed by atoms with Gasteiger partial charge in [0.15, 0.2) is 0 Å². The van der Waals surface area contributed by atoms with E-state index in [1.807, 2.05) is 27.7 Å². The van der Waals surface area contributed by atoms with Crippen LogP contribution in [-0.2, 0) is 0 Å². The molecular formula is C5H16. The predicted octanol–water partition coefficient (Wildman–Crippen LogP) is 2.69. The van der Waals surface area contributed by atoms with Crippen molar-refractivity contribution in [1.29, 1.82) is 0 Å². The third-order valence-electron chi connectivity index (χ3n) is 0. The van der Waals surface area contributed by atoms with E-state index in [2.05, 4.69) is 0 Å². The molecule has 0 heteroatoms. The van der Waals surface area contributed by atoms with Gasteiger partial charge in [0.1, 0.15) is 0 Å². The van der Waals surface area contributed by atoms with E-state index in [0.29, 0.717) is 0 Å². The summed E-state index contributed by atoms with van der Waals surface area (Å²) >= 11 is 0. The topological polar surface area (TPSA) is 0 Å². The smallest absolute Gasteiger partial charge is 0.0194 e. The van der Waals surface area contributed by atoms with Gasteiger partial charge in [0.25, 0.3) is 0 Å². The van der Waals surface area contributed by atoms with Crippen molar-refractivity contribution < 1.29 is 1.37 Å². The molecule has 0 spiro atoms. The lowest BCUT2D eigenvalue weighted by Gasteiger charge is -1.07. The van der Waals surface area contributed by atoms with Crippen LogP contribution < -0.4 is 0 Å². The van der Waals surface area contributed by atoms with Gasteiger partial charge in [-0.1, -0.05) is 35.1 Å². The molecule has 0 radical (unpaired) electrons. The van der Waals surface area contributed by atoms with E-state index in [1.165, 1.54) is 7.40 Å². The summed E-state index contributed by atoms with van der Waals surface area (Å²) < 4.78 is 5.75. The van der Waals surface area contributed by atoms with Gasteiger partial charge in [-0.2, -0.15) is 0 Å². The fourth-order valence-electron chi connectivity index (χ4n) is 0. The maximum atomic E-state index is 5.75.